The van der Waals surface area contributed by atoms with E-state index in [-0.39, 0.29) is 11.2 Å². The van der Waals surface area contributed by atoms with Gasteiger partial charge in [0.2, 0.25) is 5.95 Å². The predicted molar refractivity (Wildman–Crippen MR) is 154 cm³/mol. The van der Waals surface area contributed by atoms with Crippen molar-refractivity contribution >= 4 is 34.9 Å². The average molecular weight is 525 g/mol. The van der Waals surface area contributed by atoms with Gasteiger partial charge in [0.25, 0.3) is 0 Å². The van der Waals surface area contributed by atoms with Crippen molar-refractivity contribution in [3.05, 3.63) is 41.7 Å². The van der Waals surface area contributed by atoms with Gasteiger partial charge >= 0.3 is 0 Å². The number of nitrogens with one attached hydrogen (secondary N) is 2. The molecule has 0 amide bonds. The fraction of sp³-hybridized carbons (Fsp3) is 0.621. The molecular weight excluding hydrogens is 483 g/mol. The second-order valence-electron chi connectivity index (χ2n) is 11.6. The van der Waals surface area contributed by atoms with Crippen LogP contribution in [0, 0.1) is 17.7 Å². The minimum atomic E-state index is -0.193. The van der Waals surface area contributed by atoms with Gasteiger partial charge in [0.05, 0.1) is 0 Å². The number of hydrogen-bond donors (Lipinski definition) is 2. The minimum Gasteiger partial charge on any atom is -0.361 e. The highest BCUT2D eigenvalue weighted by Gasteiger charge is 2.35. The van der Waals surface area contributed by atoms with Gasteiger partial charge in [-0.2, -0.15) is 9.97 Å². The Kier molecular flexibility index (Phi) is 8.12. The second-order valence-corrected chi connectivity index (χ2v) is 12.0. The number of benzene rings is 1. The fourth-order valence-electron chi connectivity index (χ4n) is 6.41. The van der Waals surface area contributed by atoms with Crippen molar-refractivity contribution in [3.63, 3.8) is 0 Å². The molecule has 1 aromatic heterocycles. The van der Waals surface area contributed by atoms with Gasteiger partial charge in [-0.15, -0.1) is 0 Å². The molecule has 3 heterocycles. The van der Waals surface area contributed by atoms with Crippen LogP contribution >= 0.6 is 12.2 Å². The zero-order valence-corrected chi connectivity index (χ0v) is 23.1. The van der Waals surface area contributed by atoms with E-state index >= 15 is 0 Å². The molecule has 3 aliphatic rings. The van der Waals surface area contributed by atoms with Crippen LogP contribution in [0.3, 0.4) is 0 Å². The van der Waals surface area contributed by atoms with Crippen molar-refractivity contribution in [3.8, 4) is 0 Å². The van der Waals surface area contributed by atoms with E-state index in [0.29, 0.717) is 29.4 Å². The first-order chi connectivity index (χ1) is 17.9. The van der Waals surface area contributed by atoms with E-state index in [4.69, 9.17) is 22.2 Å². The van der Waals surface area contributed by atoms with Crippen molar-refractivity contribution in [1.82, 2.24) is 15.3 Å². The third kappa shape index (κ3) is 6.33. The number of halogens is 1. The zero-order valence-electron chi connectivity index (χ0n) is 22.3. The summed E-state index contributed by atoms with van der Waals surface area (Å²) in [7, 11) is 0. The maximum atomic E-state index is 13.6. The maximum absolute atomic E-state index is 13.6. The lowest BCUT2D eigenvalue weighted by atomic mass is 9.79. The van der Waals surface area contributed by atoms with Crippen molar-refractivity contribution in [2.75, 3.05) is 47.8 Å². The highest BCUT2D eigenvalue weighted by molar-refractivity contribution is 7.80. The Balaban J connectivity index is 1.32. The Labute approximate surface area is 226 Å². The lowest BCUT2D eigenvalue weighted by molar-refractivity contribution is 0.434. The molecule has 2 aromatic rings. The Hall–Kier alpha value is -2.48. The number of rotatable bonds is 6. The van der Waals surface area contributed by atoms with Gasteiger partial charge in [-0.1, -0.05) is 38.8 Å². The Morgan fingerprint density at radius 3 is 2.05 bits per heavy atom. The highest BCUT2D eigenvalue weighted by Crippen LogP contribution is 2.40. The topological polar surface area (TPSA) is 56.3 Å². The largest absolute Gasteiger partial charge is 0.361 e. The Bertz CT molecular complexity index is 1030. The third-order valence-corrected chi connectivity index (χ3v) is 8.74. The third-order valence-electron chi connectivity index (χ3n) is 8.49. The fourth-order valence-corrected chi connectivity index (χ4v) is 6.58. The molecule has 0 bridgehead atoms. The number of nitrogens with zero attached hydrogens (tertiary/aromatic N) is 4. The number of piperidine rings is 2. The standard InChI is InChI=1S/C29H41FN6S/c1-21-7-5-15-35(18-21)25-17-26(36-16-6-8-22(2)19-36)33-27(32-25)34-28(37)31-20-29(13-3-4-14-29)23-9-11-24(30)12-10-23/h9-12,17,21-22H,3-8,13-16,18-20H2,1-2H3,(H2,31,32,33,34,37)/t21-,22-/m0/s1. The molecule has 2 N–H and O–H groups in total. The van der Waals surface area contributed by atoms with Gasteiger partial charge < -0.3 is 20.4 Å². The molecule has 1 aromatic carbocycles. The quantitative estimate of drug-likeness (QED) is 0.457. The normalized spacial score (nSPS) is 23.6. The molecular formula is C29H41FN6S. The van der Waals surface area contributed by atoms with Gasteiger partial charge in [0.1, 0.15) is 17.5 Å². The van der Waals surface area contributed by atoms with Crippen LogP contribution in [0.25, 0.3) is 0 Å². The van der Waals surface area contributed by atoms with Gasteiger partial charge in [0.15, 0.2) is 5.11 Å². The second kappa shape index (κ2) is 11.5. The molecule has 200 valence electrons. The van der Waals surface area contributed by atoms with E-state index < -0.39 is 0 Å². The average Bonchev–Trinajstić information content (AvgIpc) is 3.38. The molecule has 0 spiro atoms. The van der Waals surface area contributed by atoms with Crippen LogP contribution in [-0.2, 0) is 5.41 Å². The van der Waals surface area contributed by atoms with Crippen LogP contribution < -0.4 is 20.4 Å². The van der Waals surface area contributed by atoms with E-state index in [0.717, 1.165) is 50.7 Å². The van der Waals surface area contributed by atoms with Gasteiger partial charge in [-0.3, -0.25) is 0 Å². The van der Waals surface area contributed by atoms with E-state index in [1.165, 1.54) is 44.1 Å². The first-order valence-corrected chi connectivity index (χ1v) is 14.5. The molecule has 37 heavy (non-hydrogen) atoms. The van der Waals surface area contributed by atoms with Crippen LogP contribution in [-0.4, -0.2) is 47.8 Å². The summed E-state index contributed by atoms with van der Waals surface area (Å²) in [5, 5.41) is 7.31. The molecule has 2 aliphatic heterocycles. The van der Waals surface area contributed by atoms with E-state index in [9.17, 15) is 4.39 Å². The summed E-state index contributed by atoms with van der Waals surface area (Å²) in [6.07, 6.45) is 9.42. The van der Waals surface area contributed by atoms with Crippen molar-refractivity contribution in [2.24, 2.45) is 11.8 Å². The predicted octanol–water partition coefficient (Wildman–Crippen LogP) is 5.89. The summed E-state index contributed by atoms with van der Waals surface area (Å²) in [6, 6.07) is 9.15. The minimum absolute atomic E-state index is 0.0266. The SMILES string of the molecule is C[C@H]1CCCN(c2cc(N3CCC[C@H](C)C3)nc(NC(=S)NCC3(c4ccc(F)cc4)CCCC3)n2)C1. The molecule has 2 saturated heterocycles. The number of hydrogen-bond acceptors (Lipinski definition) is 5. The summed E-state index contributed by atoms with van der Waals surface area (Å²) in [6.45, 7) is 9.45. The lowest BCUT2D eigenvalue weighted by Crippen LogP contribution is -2.41. The summed E-state index contributed by atoms with van der Waals surface area (Å²) < 4.78 is 13.6. The summed E-state index contributed by atoms with van der Waals surface area (Å²) >= 11 is 5.74. The molecule has 8 heteroatoms. The number of thiocarbonyl (C=S) groups is 1. The van der Waals surface area contributed by atoms with E-state index in [1.807, 2.05) is 12.1 Å². The Morgan fingerprint density at radius 2 is 1.51 bits per heavy atom. The van der Waals surface area contributed by atoms with Crippen LogP contribution in [0.5, 0.6) is 0 Å². The van der Waals surface area contributed by atoms with Gasteiger partial charge in [-0.25, -0.2) is 4.39 Å². The van der Waals surface area contributed by atoms with E-state index in [2.05, 4.69) is 40.3 Å². The van der Waals surface area contributed by atoms with Crippen LogP contribution in [0.1, 0.15) is 70.8 Å². The number of aromatic nitrogens is 2. The maximum Gasteiger partial charge on any atom is 0.232 e. The van der Waals surface area contributed by atoms with E-state index in [1.54, 1.807) is 12.1 Å². The zero-order chi connectivity index (χ0) is 25.8. The molecule has 2 atom stereocenters. The Morgan fingerprint density at radius 1 is 0.946 bits per heavy atom. The highest BCUT2D eigenvalue weighted by atomic mass is 32.1. The smallest absolute Gasteiger partial charge is 0.232 e. The molecule has 1 saturated carbocycles. The first kappa shape index (κ1) is 26.1. The lowest BCUT2D eigenvalue weighted by Gasteiger charge is -2.35. The van der Waals surface area contributed by atoms with Gasteiger partial charge in [0, 0.05) is 44.2 Å². The van der Waals surface area contributed by atoms with Crippen molar-refractivity contribution in [2.45, 2.75) is 70.6 Å². The molecule has 1 aliphatic carbocycles. The molecule has 5 rings (SSSR count). The van der Waals surface area contributed by atoms with Crippen LogP contribution in [0.2, 0.25) is 0 Å². The van der Waals surface area contributed by atoms with Crippen molar-refractivity contribution < 1.29 is 4.39 Å². The van der Waals surface area contributed by atoms with Crippen LogP contribution in [0.4, 0.5) is 22.0 Å². The molecule has 3 fully saturated rings. The van der Waals surface area contributed by atoms with Crippen molar-refractivity contribution in [1.29, 1.82) is 0 Å². The molecule has 0 unspecified atom stereocenters. The summed E-state index contributed by atoms with van der Waals surface area (Å²) in [5.41, 5.74) is 1.15. The molecule has 6 nitrogen and oxygen atoms in total. The summed E-state index contributed by atoms with van der Waals surface area (Å²) in [4.78, 5) is 14.6. The monoisotopic (exact) mass is 524 g/mol. The van der Waals surface area contributed by atoms with Gasteiger partial charge in [-0.05, 0) is 80.3 Å². The number of anilines is 3. The first-order valence-electron chi connectivity index (χ1n) is 14.1. The van der Waals surface area contributed by atoms with Crippen LogP contribution in [0.15, 0.2) is 30.3 Å². The summed E-state index contributed by atoms with van der Waals surface area (Å²) in [5.74, 6) is 3.66. The molecule has 0 radical (unpaired) electrons.